The van der Waals surface area contributed by atoms with Crippen molar-refractivity contribution in [2.75, 3.05) is 13.1 Å². The van der Waals surface area contributed by atoms with Crippen molar-refractivity contribution in [1.82, 2.24) is 24.8 Å². The Morgan fingerprint density at radius 3 is 2.80 bits per heavy atom. The first-order valence-corrected chi connectivity index (χ1v) is 14.4. The number of aryl methyl sites for hydroxylation is 1. The number of hydrogen-bond donors (Lipinski definition) is 2. The Morgan fingerprint density at radius 1 is 1.20 bits per heavy atom. The fourth-order valence-electron chi connectivity index (χ4n) is 5.47. The maximum absolute atomic E-state index is 13.6. The summed E-state index contributed by atoms with van der Waals surface area (Å²) in [4.78, 5) is 25.2. The summed E-state index contributed by atoms with van der Waals surface area (Å²) in [6.07, 6.45) is 3.67. The number of nitrogens with one attached hydrogen (secondary N) is 2. The number of amides is 1. The number of likely N-dealkylation sites (tertiary alicyclic amines) is 1. The molecule has 0 aliphatic carbocycles. The Morgan fingerprint density at radius 2 is 2.02 bits per heavy atom. The van der Waals surface area contributed by atoms with E-state index in [0.717, 1.165) is 69.1 Å². The maximum Gasteiger partial charge on any atom is 0.263 e. The van der Waals surface area contributed by atoms with Crippen LogP contribution < -0.4 is 15.5 Å². The molecule has 206 valence electrons. The quantitative estimate of drug-likeness (QED) is 0.246. The van der Waals surface area contributed by atoms with Crippen molar-refractivity contribution in [3.8, 4) is 29.0 Å². The van der Waals surface area contributed by atoms with E-state index in [-0.39, 0.29) is 11.9 Å². The molecule has 1 fully saturated rings. The molecule has 1 aliphatic heterocycles. The number of allylic oxidation sites excluding steroid dienone is 1. The monoisotopic (exact) mass is 561 g/mol. The van der Waals surface area contributed by atoms with Gasteiger partial charge in [0.1, 0.15) is 26.7 Å². The third kappa shape index (κ3) is 5.12. The summed E-state index contributed by atoms with van der Waals surface area (Å²) < 4.78 is 8.12. The first-order chi connectivity index (χ1) is 19.9. The van der Waals surface area contributed by atoms with Gasteiger partial charge in [-0.25, -0.2) is 4.98 Å². The topological polar surface area (TPSA) is 75.2 Å². The van der Waals surface area contributed by atoms with E-state index in [0.29, 0.717) is 16.9 Å². The second-order valence-electron chi connectivity index (χ2n) is 10.2. The number of aromatic nitrogens is 3. The normalized spacial score (nSPS) is 15.0. The largest absolute Gasteiger partial charge is 0.457 e. The minimum absolute atomic E-state index is 0.0130. The van der Waals surface area contributed by atoms with Gasteiger partial charge in [-0.1, -0.05) is 43.2 Å². The van der Waals surface area contributed by atoms with E-state index < -0.39 is 0 Å². The number of H-pyrrole nitrogens is 1. The standard InChI is InChI=1S/C33H31N5O2S/c1-5-10-22(3)37-18-9-11-24(20-37)36-32(39)31-30-29-28(16-17-34-33(29)41-31)38(23(4)35-30)27-15-14-26(19-21(27)2)40-25-12-7-6-8-13-25/h6-8,12-17,19,24,35H,3-4,9,11,18,20H2,1-2H3,(H,36,39)/t24-/m1/s1. The number of carbonyl (C=O) groups is 1. The first-order valence-electron chi connectivity index (χ1n) is 13.6. The molecule has 7 nitrogen and oxygen atoms in total. The number of piperidine rings is 1. The number of benzene rings is 2. The van der Waals surface area contributed by atoms with Gasteiger partial charge >= 0.3 is 0 Å². The molecule has 3 aromatic heterocycles. The van der Waals surface area contributed by atoms with Crippen molar-refractivity contribution in [1.29, 1.82) is 0 Å². The Bertz CT molecular complexity index is 1900. The van der Waals surface area contributed by atoms with Gasteiger partial charge in [0.2, 0.25) is 0 Å². The van der Waals surface area contributed by atoms with E-state index in [9.17, 15) is 4.79 Å². The zero-order valence-electron chi connectivity index (χ0n) is 23.2. The molecule has 1 amide bonds. The van der Waals surface area contributed by atoms with Gasteiger partial charge in [0, 0.05) is 25.3 Å². The highest BCUT2D eigenvalue weighted by Gasteiger charge is 2.26. The number of thiophene rings is 1. The van der Waals surface area contributed by atoms with Crippen LogP contribution in [0.25, 0.3) is 33.5 Å². The van der Waals surface area contributed by atoms with E-state index in [1.807, 2.05) is 61.5 Å². The van der Waals surface area contributed by atoms with Gasteiger partial charge in [0.25, 0.3) is 5.91 Å². The molecule has 2 N–H and O–H groups in total. The van der Waals surface area contributed by atoms with Crippen LogP contribution in [0.3, 0.4) is 0 Å². The Balaban J connectivity index is 1.33. The fraction of sp³-hybridized carbons (Fsp3) is 0.212. The molecule has 1 atom stereocenters. The Kier molecular flexibility index (Phi) is 7.12. The molecule has 8 heteroatoms. The van der Waals surface area contributed by atoms with Crippen LogP contribution in [0.1, 0.15) is 35.0 Å². The molecular formula is C33H31N5O2S. The highest BCUT2D eigenvalue weighted by molar-refractivity contribution is 7.21. The summed E-state index contributed by atoms with van der Waals surface area (Å²) in [6.45, 7) is 13.9. The van der Waals surface area contributed by atoms with E-state index in [4.69, 9.17) is 4.74 Å². The number of pyridine rings is 1. The van der Waals surface area contributed by atoms with Gasteiger partial charge in [-0.3, -0.25) is 9.36 Å². The van der Waals surface area contributed by atoms with Crippen LogP contribution in [0.4, 0.5) is 0 Å². The average Bonchev–Trinajstić information content (AvgIpc) is 3.34. The summed E-state index contributed by atoms with van der Waals surface area (Å²) >= 11 is 1.39. The third-order valence-electron chi connectivity index (χ3n) is 7.35. The van der Waals surface area contributed by atoms with Gasteiger partial charge in [-0.15, -0.1) is 11.3 Å². The molecule has 2 aromatic carbocycles. The molecule has 41 heavy (non-hydrogen) atoms. The molecule has 4 heterocycles. The van der Waals surface area contributed by atoms with Crippen LogP contribution in [0, 0.1) is 18.8 Å². The minimum atomic E-state index is -0.111. The molecule has 0 radical (unpaired) electrons. The summed E-state index contributed by atoms with van der Waals surface area (Å²) in [5, 5.41) is 4.16. The number of para-hydroxylation sites is 1. The number of hydrogen-bond acceptors (Lipinski definition) is 5. The van der Waals surface area contributed by atoms with Gasteiger partial charge in [0.05, 0.1) is 27.8 Å². The molecule has 0 saturated carbocycles. The van der Waals surface area contributed by atoms with Crippen molar-refractivity contribution < 1.29 is 9.53 Å². The van der Waals surface area contributed by atoms with Crippen molar-refractivity contribution >= 4 is 45.1 Å². The smallest absolute Gasteiger partial charge is 0.263 e. The van der Waals surface area contributed by atoms with Crippen LogP contribution in [0.5, 0.6) is 11.5 Å². The minimum Gasteiger partial charge on any atom is -0.457 e. The van der Waals surface area contributed by atoms with Gasteiger partial charge in [-0.2, -0.15) is 0 Å². The highest BCUT2D eigenvalue weighted by Crippen LogP contribution is 2.34. The zero-order chi connectivity index (χ0) is 28.5. The second-order valence-corrected chi connectivity index (χ2v) is 11.2. The number of rotatable bonds is 6. The lowest BCUT2D eigenvalue weighted by Crippen LogP contribution is -2.47. The highest BCUT2D eigenvalue weighted by atomic mass is 32.1. The predicted molar refractivity (Wildman–Crippen MR) is 166 cm³/mol. The fourth-order valence-corrected chi connectivity index (χ4v) is 6.50. The molecule has 6 rings (SSSR count). The van der Waals surface area contributed by atoms with E-state index in [1.54, 1.807) is 6.20 Å². The summed E-state index contributed by atoms with van der Waals surface area (Å²) in [5.41, 5.74) is 5.14. The summed E-state index contributed by atoms with van der Waals surface area (Å²) in [6, 6.07) is 17.7. The molecule has 1 saturated heterocycles. The second kappa shape index (κ2) is 11.0. The average molecular weight is 562 g/mol. The van der Waals surface area contributed by atoms with Gasteiger partial charge in [-0.05, 0) is 68.7 Å². The van der Waals surface area contributed by atoms with Crippen molar-refractivity contribution in [3.05, 3.63) is 89.0 Å². The van der Waals surface area contributed by atoms with Gasteiger partial charge in [0.15, 0.2) is 0 Å². The van der Waals surface area contributed by atoms with Crippen molar-refractivity contribution in [2.24, 2.45) is 0 Å². The van der Waals surface area contributed by atoms with E-state index in [1.165, 1.54) is 11.3 Å². The summed E-state index contributed by atoms with van der Waals surface area (Å²) in [5.74, 6) is 7.39. The van der Waals surface area contributed by atoms with Crippen LogP contribution in [0.2, 0.25) is 0 Å². The molecule has 1 aliphatic rings. The number of nitrogens with zero attached hydrogens (tertiary/aromatic N) is 3. The zero-order valence-corrected chi connectivity index (χ0v) is 24.0. The van der Waals surface area contributed by atoms with Crippen LogP contribution >= 0.6 is 11.3 Å². The maximum atomic E-state index is 13.6. The van der Waals surface area contributed by atoms with E-state index in [2.05, 4.69) is 56.7 Å². The lowest BCUT2D eigenvalue weighted by atomic mass is 10.0. The molecular weight excluding hydrogens is 530 g/mol. The SMILES string of the molecule is C=C(C#CC)N1CCC[C@@H](NC(=O)c2sc3nccc4c3c2[nH]c(=C)n4-c2ccc(Oc3ccccc3)cc2C)C1. The van der Waals surface area contributed by atoms with Crippen LogP contribution in [-0.4, -0.2) is 44.5 Å². The Labute approximate surface area is 242 Å². The Hall–Kier alpha value is -4.74. The van der Waals surface area contributed by atoms with Crippen molar-refractivity contribution in [2.45, 2.75) is 32.7 Å². The van der Waals surface area contributed by atoms with E-state index >= 15 is 0 Å². The molecule has 5 aromatic rings. The number of carbonyl (C=O) groups excluding carboxylic acids is 1. The van der Waals surface area contributed by atoms with Crippen LogP contribution in [-0.2, 0) is 0 Å². The predicted octanol–water partition coefficient (Wildman–Crippen LogP) is 6.09. The molecule has 0 bridgehead atoms. The van der Waals surface area contributed by atoms with Crippen molar-refractivity contribution in [3.63, 3.8) is 0 Å². The number of ether oxygens (including phenoxy) is 1. The summed E-state index contributed by atoms with van der Waals surface area (Å²) in [7, 11) is 0. The first kappa shape index (κ1) is 26.5. The third-order valence-corrected chi connectivity index (χ3v) is 8.45. The molecule has 0 unspecified atom stereocenters. The van der Waals surface area contributed by atoms with Gasteiger partial charge < -0.3 is 19.9 Å². The molecule has 0 spiro atoms. The lowest BCUT2D eigenvalue weighted by Gasteiger charge is -2.34. The number of aromatic amines is 1. The lowest BCUT2D eigenvalue weighted by molar-refractivity contribution is 0.0920. The van der Waals surface area contributed by atoms with Crippen LogP contribution in [0.15, 0.2) is 73.1 Å².